The van der Waals surface area contributed by atoms with Gasteiger partial charge in [0.1, 0.15) is 17.3 Å². The predicted molar refractivity (Wildman–Crippen MR) is 138 cm³/mol. The number of aromatic nitrogens is 5. The number of fused-ring (bicyclic) bond motifs is 1. The highest BCUT2D eigenvalue weighted by Gasteiger charge is 2.60. The smallest absolute Gasteiger partial charge is 0.317 e. The number of hydrogen-bond acceptors (Lipinski definition) is 4. The van der Waals surface area contributed by atoms with Gasteiger partial charge >= 0.3 is 12.1 Å². The van der Waals surface area contributed by atoms with Gasteiger partial charge in [0.25, 0.3) is 5.91 Å². The zero-order valence-electron chi connectivity index (χ0n) is 21.6. The molecule has 3 aromatic heterocycles. The Balaban J connectivity index is 1.53. The molecule has 0 bridgehead atoms. The molecule has 7 nitrogen and oxygen atoms in total. The van der Waals surface area contributed by atoms with Crippen LogP contribution < -0.4 is 5.32 Å². The molecule has 218 valence electrons. The highest BCUT2D eigenvalue weighted by atomic mass is 35.5. The van der Waals surface area contributed by atoms with Crippen LogP contribution in [0.1, 0.15) is 33.1 Å². The second kappa shape index (κ2) is 10.4. The summed E-state index contributed by atoms with van der Waals surface area (Å²) in [6.45, 7) is 3.05. The molecule has 0 aliphatic rings. The summed E-state index contributed by atoms with van der Waals surface area (Å²) in [6.07, 6.45) is -6.00. The van der Waals surface area contributed by atoms with Crippen LogP contribution in [0.4, 0.5) is 36.4 Å². The molecule has 0 radical (unpaired) electrons. The first-order valence-corrected chi connectivity index (χ1v) is 12.4. The number of carbonyl (C=O) groups excluding carboxylic acids is 1. The maximum atomic E-state index is 14.6. The maximum absolute atomic E-state index is 14.6. The number of rotatable bonds is 6. The first-order chi connectivity index (χ1) is 19.7. The number of halogens is 8. The van der Waals surface area contributed by atoms with Crippen molar-refractivity contribution in [1.29, 1.82) is 0 Å². The summed E-state index contributed by atoms with van der Waals surface area (Å²) in [4.78, 5) is 17.2. The Labute approximate surface area is 237 Å². The number of carbonyl (C=O) groups is 1. The first kappa shape index (κ1) is 29.0. The molecule has 0 aliphatic carbocycles. The standard InChI is InChI=1S/C27H18ClF7N6O/c1-13-24(14(2)40(38-13)12-17-18(28)4-3-5-19(17)30)37-25(42)21-11-23-36-20(15-6-8-16(29)9-7-15)10-22(41(23)39-21)26(31,32)27(33,34)35/h3-11H,12H2,1-2H3,(H,37,42). The number of anilines is 1. The largest absolute Gasteiger partial charge is 0.459 e. The molecule has 0 aliphatic heterocycles. The summed E-state index contributed by atoms with van der Waals surface area (Å²) in [6, 6.07) is 9.88. The predicted octanol–water partition coefficient (Wildman–Crippen LogP) is 7.10. The van der Waals surface area contributed by atoms with E-state index in [0.717, 1.165) is 30.3 Å². The lowest BCUT2D eigenvalue weighted by Gasteiger charge is -2.21. The van der Waals surface area contributed by atoms with Gasteiger partial charge in [0.15, 0.2) is 11.3 Å². The van der Waals surface area contributed by atoms with Crippen LogP contribution in [-0.4, -0.2) is 36.5 Å². The summed E-state index contributed by atoms with van der Waals surface area (Å²) in [7, 11) is 0. The fraction of sp³-hybridized carbons (Fsp3) is 0.185. The van der Waals surface area contributed by atoms with Gasteiger partial charge in [-0.25, -0.2) is 18.3 Å². The van der Waals surface area contributed by atoms with Gasteiger partial charge in [-0.3, -0.25) is 9.48 Å². The Kier molecular flexibility index (Phi) is 7.21. The maximum Gasteiger partial charge on any atom is 0.459 e. The van der Waals surface area contributed by atoms with Gasteiger partial charge in [-0.15, -0.1) is 0 Å². The molecule has 3 heterocycles. The van der Waals surface area contributed by atoms with E-state index in [0.29, 0.717) is 17.5 Å². The molecule has 0 atom stereocenters. The molecule has 5 aromatic rings. The van der Waals surface area contributed by atoms with Crippen LogP contribution in [0.25, 0.3) is 16.9 Å². The van der Waals surface area contributed by atoms with Gasteiger partial charge in [0.05, 0.1) is 29.3 Å². The van der Waals surface area contributed by atoms with Crippen molar-refractivity contribution in [2.75, 3.05) is 5.32 Å². The molecule has 1 amide bonds. The normalized spacial score (nSPS) is 12.2. The number of benzene rings is 2. The molecule has 0 saturated heterocycles. The fourth-order valence-corrected chi connectivity index (χ4v) is 4.49. The number of nitrogens with one attached hydrogen (secondary N) is 1. The van der Waals surface area contributed by atoms with E-state index in [1.165, 1.54) is 22.9 Å². The first-order valence-electron chi connectivity index (χ1n) is 12.1. The summed E-state index contributed by atoms with van der Waals surface area (Å²) in [5.41, 5.74) is -1.86. The monoisotopic (exact) mass is 610 g/mol. The Morgan fingerprint density at radius 3 is 2.31 bits per heavy atom. The van der Waals surface area contributed by atoms with Crippen molar-refractivity contribution in [1.82, 2.24) is 24.4 Å². The Bertz CT molecular complexity index is 1810. The van der Waals surface area contributed by atoms with Crippen LogP contribution in [-0.2, 0) is 12.5 Å². The molecule has 42 heavy (non-hydrogen) atoms. The molecule has 0 fully saturated rings. The minimum absolute atomic E-state index is 0.0546. The van der Waals surface area contributed by atoms with Gasteiger partial charge in [-0.1, -0.05) is 17.7 Å². The zero-order valence-corrected chi connectivity index (χ0v) is 22.3. The Morgan fingerprint density at radius 2 is 1.67 bits per heavy atom. The van der Waals surface area contributed by atoms with Gasteiger partial charge in [0.2, 0.25) is 0 Å². The highest BCUT2D eigenvalue weighted by molar-refractivity contribution is 6.31. The molecular formula is C27H18ClF7N6O. The second-order valence-electron chi connectivity index (χ2n) is 9.26. The van der Waals surface area contributed by atoms with Crippen molar-refractivity contribution < 1.29 is 35.5 Å². The van der Waals surface area contributed by atoms with E-state index in [2.05, 4.69) is 20.5 Å². The quantitative estimate of drug-likeness (QED) is 0.208. The van der Waals surface area contributed by atoms with Crippen molar-refractivity contribution in [3.8, 4) is 11.3 Å². The van der Waals surface area contributed by atoms with Crippen molar-refractivity contribution in [2.45, 2.75) is 32.5 Å². The van der Waals surface area contributed by atoms with E-state index >= 15 is 0 Å². The summed E-state index contributed by atoms with van der Waals surface area (Å²) < 4.78 is 98.8. The van der Waals surface area contributed by atoms with Gasteiger partial charge in [0, 0.05) is 22.2 Å². The molecular weight excluding hydrogens is 593 g/mol. The van der Waals surface area contributed by atoms with Gasteiger partial charge < -0.3 is 5.32 Å². The summed E-state index contributed by atoms with van der Waals surface area (Å²) in [5.74, 6) is -7.57. The topological polar surface area (TPSA) is 77.1 Å². The van der Waals surface area contributed by atoms with Crippen LogP contribution in [0.2, 0.25) is 5.02 Å². The summed E-state index contributed by atoms with van der Waals surface area (Å²) >= 11 is 6.10. The van der Waals surface area contributed by atoms with Gasteiger partial charge in [-0.2, -0.15) is 32.1 Å². The minimum Gasteiger partial charge on any atom is -0.317 e. The molecule has 0 spiro atoms. The van der Waals surface area contributed by atoms with E-state index in [9.17, 15) is 35.5 Å². The SMILES string of the molecule is Cc1nn(Cc2c(F)cccc2Cl)c(C)c1NC(=O)c1cc2nc(-c3ccc(F)cc3)cc(C(F)(F)C(F)(F)F)n2n1. The third kappa shape index (κ3) is 5.17. The van der Waals surface area contributed by atoms with Crippen LogP contribution in [0, 0.1) is 25.5 Å². The molecule has 5 rings (SSSR count). The lowest BCUT2D eigenvalue weighted by Crippen LogP contribution is -2.36. The number of nitrogens with zero attached hydrogens (tertiary/aromatic N) is 5. The van der Waals surface area contributed by atoms with E-state index in [-0.39, 0.29) is 38.6 Å². The van der Waals surface area contributed by atoms with E-state index in [4.69, 9.17) is 11.6 Å². The van der Waals surface area contributed by atoms with Crippen LogP contribution in [0.3, 0.4) is 0 Å². The number of amides is 1. The lowest BCUT2D eigenvalue weighted by atomic mass is 10.1. The number of alkyl halides is 5. The molecule has 1 N–H and O–H groups in total. The van der Waals surface area contributed by atoms with E-state index < -0.39 is 46.7 Å². The average Bonchev–Trinajstić information content (AvgIpc) is 3.46. The molecule has 2 aromatic carbocycles. The third-order valence-electron chi connectivity index (χ3n) is 6.47. The lowest BCUT2D eigenvalue weighted by molar-refractivity contribution is -0.291. The van der Waals surface area contributed by atoms with Crippen molar-refractivity contribution >= 4 is 28.8 Å². The molecule has 0 unspecified atom stereocenters. The highest BCUT2D eigenvalue weighted by Crippen LogP contribution is 2.44. The van der Waals surface area contributed by atoms with Crippen LogP contribution >= 0.6 is 11.6 Å². The second-order valence-corrected chi connectivity index (χ2v) is 9.67. The van der Waals surface area contributed by atoms with Crippen molar-refractivity contribution in [3.05, 3.63) is 99.6 Å². The molecule has 0 saturated carbocycles. The minimum atomic E-state index is -6.00. The molecule has 15 heteroatoms. The summed E-state index contributed by atoms with van der Waals surface area (Å²) in [5, 5.41) is 10.7. The Hall–Kier alpha value is -4.46. The van der Waals surface area contributed by atoms with E-state index in [1.54, 1.807) is 13.8 Å². The average molecular weight is 611 g/mol. The van der Waals surface area contributed by atoms with Crippen molar-refractivity contribution in [2.24, 2.45) is 0 Å². The number of hydrogen-bond donors (Lipinski definition) is 1. The van der Waals surface area contributed by atoms with Crippen molar-refractivity contribution in [3.63, 3.8) is 0 Å². The van der Waals surface area contributed by atoms with E-state index in [1.807, 2.05) is 0 Å². The van der Waals surface area contributed by atoms with Crippen LogP contribution in [0.5, 0.6) is 0 Å². The number of aryl methyl sites for hydroxylation is 1. The van der Waals surface area contributed by atoms with Gasteiger partial charge in [-0.05, 0) is 56.3 Å². The zero-order chi connectivity index (χ0) is 30.6. The fourth-order valence-electron chi connectivity index (χ4n) is 4.27. The third-order valence-corrected chi connectivity index (χ3v) is 6.82. The van der Waals surface area contributed by atoms with Crippen LogP contribution in [0.15, 0.2) is 54.6 Å². The Morgan fingerprint density at radius 1 is 0.976 bits per heavy atom.